The van der Waals surface area contributed by atoms with E-state index in [1.165, 1.54) is 37.9 Å². The van der Waals surface area contributed by atoms with Crippen molar-refractivity contribution in [2.24, 2.45) is 5.92 Å². The summed E-state index contributed by atoms with van der Waals surface area (Å²) < 4.78 is 13.7. The van der Waals surface area contributed by atoms with E-state index in [1.54, 1.807) is 6.07 Å². The van der Waals surface area contributed by atoms with Gasteiger partial charge in [-0.1, -0.05) is 12.8 Å². The molecule has 1 aliphatic carbocycles. The van der Waals surface area contributed by atoms with Gasteiger partial charge in [0.1, 0.15) is 0 Å². The molecule has 2 atom stereocenters. The number of carbonyl (C=O) groups is 1. The van der Waals surface area contributed by atoms with Gasteiger partial charge in [-0.2, -0.15) is 4.39 Å². The molecule has 1 aliphatic heterocycles. The minimum absolute atomic E-state index is 0.119. The number of pyridine rings is 1. The molecule has 1 saturated carbocycles. The highest BCUT2D eigenvalue weighted by Gasteiger charge is 2.36. The molecular formula is C15H19FN2O. The molecule has 4 heteroatoms. The third-order valence-electron chi connectivity index (χ3n) is 4.49. The zero-order valence-corrected chi connectivity index (χ0v) is 11.0. The SMILES string of the molecule is O=C(c1cccnc1F)N1CCC[C@H]2CCCC[C@H]21. The Hall–Kier alpha value is -1.45. The number of piperidine rings is 1. The van der Waals surface area contributed by atoms with Crippen molar-refractivity contribution in [3.63, 3.8) is 0 Å². The summed E-state index contributed by atoms with van der Waals surface area (Å²) in [7, 11) is 0. The number of fused-ring (bicyclic) bond motifs is 1. The monoisotopic (exact) mass is 262 g/mol. The van der Waals surface area contributed by atoms with E-state index < -0.39 is 5.95 Å². The van der Waals surface area contributed by atoms with Crippen molar-refractivity contribution in [2.75, 3.05) is 6.54 Å². The molecule has 3 nitrogen and oxygen atoms in total. The molecule has 0 aromatic carbocycles. The molecule has 1 aromatic heterocycles. The van der Waals surface area contributed by atoms with E-state index in [2.05, 4.69) is 4.98 Å². The minimum Gasteiger partial charge on any atom is -0.335 e. The van der Waals surface area contributed by atoms with Gasteiger partial charge < -0.3 is 4.90 Å². The molecule has 3 rings (SSSR count). The lowest BCUT2D eigenvalue weighted by atomic mass is 9.78. The molecule has 0 unspecified atom stereocenters. The van der Waals surface area contributed by atoms with Gasteiger partial charge in [0.2, 0.25) is 5.95 Å². The zero-order valence-electron chi connectivity index (χ0n) is 11.0. The first-order chi connectivity index (χ1) is 9.27. The summed E-state index contributed by atoms with van der Waals surface area (Å²) in [6.07, 6.45) is 8.36. The highest BCUT2D eigenvalue weighted by atomic mass is 19.1. The largest absolute Gasteiger partial charge is 0.335 e. The Kier molecular flexibility index (Phi) is 3.49. The van der Waals surface area contributed by atoms with Crippen LogP contribution in [-0.2, 0) is 0 Å². The molecule has 0 N–H and O–H groups in total. The number of nitrogens with zero attached hydrogens (tertiary/aromatic N) is 2. The molecule has 0 spiro atoms. The van der Waals surface area contributed by atoms with E-state index >= 15 is 0 Å². The van der Waals surface area contributed by atoms with Crippen LogP contribution < -0.4 is 0 Å². The average Bonchev–Trinajstić information content (AvgIpc) is 2.46. The van der Waals surface area contributed by atoms with Crippen LogP contribution in [0.15, 0.2) is 18.3 Å². The Labute approximate surface area is 112 Å². The second-order valence-electron chi connectivity index (χ2n) is 5.59. The maximum atomic E-state index is 13.7. The van der Waals surface area contributed by atoms with E-state index in [0.29, 0.717) is 12.0 Å². The molecular weight excluding hydrogens is 243 g/mol. The fourth-order valence-electron chi connectivity index (χ4n) is 3.58. The molecule has 0 bridgehead atoms. The third kappa shape index (κ3) is 2.36. The van der Waals surface area contributed by atoms with Crippen molar-refractivity contribution >= 4 is 5.91 Å². The molecule has 1 aromatic rings. The van der Waals surface area contributed by atoms with E-state index in [-0.39, 0.29) is 11.5 Å². The van der Waals surface area contributed by atoms with Crippen molar-refractivity contribution in [2.45, 2.75) is 44.6 Å². The average molecular weight is 262 g/mol. The van der Waals surface area contributed by atoms with Gasteiger partial charge in [0.05, 0.1) is 5.56 Å². The van der Waals surface area contributed by atoms with Crippen molar-refractivity contribution in [1.82, 2.24) is 9.88 Å². The number of hydrogen-bond donors (Lipinski definition) is 0. The molecule has 2 aliphatic rings. The van der Waals surface area contributed by atoms with E-state index in [1.807, 2.05) is 4.90 Å². The lowest BCUT2D eigenvalue weighted by Crippen LogP contribution is -2.49. The second kappa shape index (κ2) is 5.27. The predicted molar refractivity (Wildman–Crippen MR) is 70.2 cm³/mol. The molecule has 19 heavy (non-hydrogen) atoms. The molecule has 1 saturated heterocycles. The molecule has 2 fully saturated rings. The summed E-state index contributed by atoms with van der Waals surface area (Å²) in [6, 6.07) is 3.48. The summed E-state index contributed by atoms with van der Waals surface area (Å²) in [5, 5.41) is 0. The summed E-state index contributed by atoms with van der Waals surface area (Å²) >= 11 is 0. The summed E-state index contributed by atoms with van der Waals surface area (Å²) in [6.45, 7) is 0.758. The van der Waals surface area contributed by atoms with Crippen LogP contribution in [0.2, 0.25) is 0 Å². The van der Waals surface area contributed by atoms with Gasteiger partial charge in [-0.05, 0) is 43.7 Å². The molecule has 1 amide bonds. The van der Waals surface area contributed by atoms with Crippen LogP contribution in [0, 0.1) is 11.9 Å². The quantitative estimate of drug-likeness (QED) is 0.729. The maximum Gasteiger partial charge on any atom is 0.258 e. The predicted octanol–water partition coefficient (Wildman–Crippen LogP) is 3.02. The van der Waals surface area contributed by atoms with E-state index in [0.717, 1.165) is 19.4 Å². The Bertz CT molecular complexity index is 475. The lowest BCUT2D eigenvalue weighted by Gasteiger charge is -2.44. The van der Waals surface area contributed by atoms with Crippen LogP contribution in [0.3, 0.4) is 0 Å². The van der Waals surface area contributed by atoms with Gasteiger partial charge in [-0.3, -0.25) is 4.79 Å². The normalized spacial score (nSPS) is 26.9. The van der Waals surface area contributed by atoms with Gasteiger partial charge in [-0.15, -0.1) is 0 Å². The highest BCUT2D eigenvalue weighted by molar-refractivity contribution is 5.94. The fraction of sp³-hybridized carbons (Fsp3) is 0.600. The summed E-state index contributed by atoms with van der Waals surface area (Å²) in [5.41, 5.74) is 0.119. The third-order valence-corrected chi connectivity index (χ3v) is 4.49. The highest BCUT2D eigenvalue weighted by Crippen LogP contribution is 2.35. The van der Waals surface area contributed by atoms with Crippen molar-refractivity contribution in [1.29, 1.82) is 0 Å². The zero-order chi connectivity index (χ0) is 13.2. The first-order valence-corrected chi connectivity index (χ1v) is 7.19. The topological polar surface area (TPSA) is 33.2 Å². The standard InChI is InChI=1S/C15H19FN2O/c16-14-12(7-3-9-17-14)15(19)18-10-4-6-11-5-1-2-8-13(11)18/h3,7,9,11,13H,1-2,4-6,8,10H2/t11-,13-/m1/s1. The maximum absolute atomic E-state index is 13.7. The number of carbonyl (C=O) groups excluding carboxylic acids is 1. The number of likely N-dealkylation sites (tertiary alicyclic amines) is 1. The number of halogens is 1. The number of hydrogen-bond acceptors (Lipinski definition) is 2. The van der Waals surface area contributed by atoms with Crippen LogP contribution in [0.1, 0.15) is 48.9 Å². The van der Waals surface area contributed by atoms with Crippen LogP contribution in [-0.4, -0.2) is 28.4 Å². The summed E-state index contributed by atoms with van der Waals surface area (Å²) in [5.74, 6) is -0.209. The van der Waals surface area contributed by atoms with Crippen LogP contribution in [0.5, 0.6) is 0 Å². The smallest absolute Gasteiger partial charge is 0.258 e. The van der Waals surface area contributed by atoms with E-state index in [4.69, 9.17) is 0 Å². The van der Waals surface area contributed by atoms with Gasteiger partial charge in [0.15, 0.2) is 0 Å². The number of aromatic nitrogens is 1. The Morgan fingerprint density at radius 1 is 1.26 bits per heavy atom. The van der Waals surface area contributed by atoms with Gasteiger partial charge in [0, 0.05) is 18.8 Å². The Morgan fingerprint density at radius 3 is 2.89 bits per heavy atom. The fourth-order valence-corrected chi connectivity index (χ4v) is 3.58. The van der Waals surface area contributed by atoms with Crippen molar-refractivity contribution in [3.8, 4) is 0 Å². The second-order valence-corrected chi connectivity index (χ2v) is 5.59. The first kappa shape index (κ1) is 12.6. The molecule has 2 heterocycles. The van der Waals surface area contributed by atoms with Gasteiger partial charge >= 0.3 is 0 Å². The van der Waals surface area contributed by atoms with Crippen LogP contribution in [0.4, 0.5) is 4.39 Å². The van der Waals surface area contributed by atoms with Gasteiger partial charge in [0.25, 0.3) is 5.91 Å². The van der Waals surface area contributed by atoms with Crippen molar-refractivity contribution < 1.29 is 9.18 Å². The number of amides is 1. The van der Waals surface area contributed by atoms with E-state index in [9.17, 15) is 9.18 Å². The minimum atomic E-state index is -0.648. The first-order valence-electron chi connectivity index (χ1n) is 7.19. The lowest BCUT2D eigenvalue weighted by molar-refractivity contribution is 0.0385. The molecule has 102 valence electrons. The Balaban J connectivity index is 1.84. The van der Waals surface area contributed by atoms with Crippen LogP contribution >= 0.6 is 0 Å². The van der Waals surface area contributed by atoms with Gasteiger partial charge in [-0.25, -0.2) is 4.98 Å². The van der Waals surface area contributed by atoms with Crippen LogP contribution in [0.25, 0.3) is 0 Å². The van der Waals surface area contributed by atoms with Crippen molar-refractivity contribution in [3.05, 3.63) is 29.8 Å². The number of rotatable bonds is 1. The summed E-state index contributed by atoms with van der Waals surface area (Å²) in [4.78, 5) is 18.0. The molecule has 0 radical (unpaired) electrons. The Morgan fingerprint density at radius 2 is 2.05 bits per heavy atom.